The van der Waals surface area contributed by atoms with Crippen LogP contribution < -0.4 is 0 Å². The quantitative estimate of drug-likeness (QED) is 0.542. The van der Waals surface area contributed by atoms with E-state index in [4.69, 9.17) is 0 Å². The number of aliphatic hydroxyl groups is 1. The predicted octanol–water partition coefficient (Wildman–Crippen LogP) is 1.31. The Balaban J connectivity index is 2.15. The highest BCUT2D eigenvalue weighted by Gasteiger charge is 2.61. The Morgan fingerprint density at radius 2 is 1.62 bits per heavy atom. The van der Waals surface area contributed by atoms with Crippen molar-refractivity contribution < 1.29 is 5.11 Å². The van der Waals surface area contributed by atoms with Crippen molar-refractivity contribution in [2.24, 2.45) is 5.41 Å². The number of rotatable bonds is 1. The van der Waals surface area contributed by atoms with Gasteiger partial charge in [-0.1, -0.05) is 6.92 Å². The number of hydrogen-bond acceptors (Lipinski definition) is 1. The standard InChI is InChI=1S/C7H12O/c1-6(2-3-6)7(8)4-5-7/h8H,2-5H2,1H3. The Labute approximate surface area is 49.7 Å². The minimum atomic E-state index is -0.201. The van der Waals surface area contributed by atoms with Gasteiger partial charge in [0.1, 0.15) is 0 Å². The molecule has 2 aliphatic rings. The van der Waals surface area contributed by atoms with E-state index in [9.17, 15) is 5.11 Å². The van der Waals surface area contributed by atoms with Gasteiger partial charge in [0, 0.05) is 0 Å². The van der Waals surface area contributed by atoms with E-state index in [2.05, 4.69) is 6.92 Å². The summed E-state index contributed by atoms with van der Waals surface area (Å²) in [5.41, 5.74) is 0.153. The van der Waals surface area contributed by atoms with Gasteiger partial charge in [-0.3, -0.25) is 0 Å². The Kier molecular flexibility index (Phi) is 0.583. The molecule has 0 aromatic heterocycles. The van der Waals surface area contributed by atoms with Gasteiger partial charge >= 0.3 is 0 Å². The lowest BCUT2D eigenvalue weighted by Gasteiger charge is -2.14. The SMILES string of the molecule is CC1(C2(O)CC2)CC1. The average Bonchev–Trinajstić information content (AvgIpc) is 2.46. The fourth-order valence-corrected chi connectivity index (χ4v) is 1.37. The third kappa shape index (κ3) is 0.408. The molecule has 0 atom stereocenters. The molecule has 0 aliphatic heterocycles. The van der Waals surface area contributed by atoms with Gasteiger partial charge in [0.15, 0.2) is 0 Å². The van der Waals surface area contributed by atoms with Crippen LogP contribution in [0.3, 0.4) is 0 Å². The van der Waals surface area contributed by atoms with Crippen molar-refractivity contribution in [1.29, 1.82) is 0 Å². The maximum absolute atomic E-state index is 9.53. The average molecular weight is 112 g/mol. The van der Waals surface area contributed by atoms with Gasteiger partial charge < -0.3 is 5.11 Å². The highest BCUT2D eigenvalue weighted by molar-refractivity contribution is 5.13. The summed E-state index contributed by atoms with van der Waals surface area (Å²) >= 11 is 0. The zero-order valence-electron chi connectivity index (χ0n) is 5.28. The third-order valence-corrected chi connectivity index (χ3v) is 2.85. The van der Waals surface area contributed by atoms with E-state index in [1.165, 1.54) is 12.8 Å². The summed E-state index contributed by atoms with van der Waals surface area (Å²) in [7, 11) is 0. The molecule has 2 fully saturated rings. The Morgan fingerprint density at radius 3 is 1.75 bits per heavy atom. The number of hydrogen-bond donors (Lipinski definition) is 1. The zero-order valence-corrected chi connectivity index (χ0v) is 5.28. The summed E-state index contributed by atoms with van der Waals surface area (Å²) in [4.78, 5) is 0. The highest BCUT2D eigenvalue weighted by Crippen LogP contribution is 2.63. The van der Waals surface area contributed by atoms with Crippen LogP contribution in [0.4, 0.5) is 0 Å². The molecule has 0 amide bonds. The molecular weight excluding hydrogens is 100 g/mol. The molecule has 1 heteroatoms. The molecule has 0 aromatic carbocycles. The normalized spacial score (nSPS) is 36.8. The minimum absolute atomic E-state index is 0.201. The van der Waals surface area contributed by atoms with Gasteiger partial charge in [-0.05, 0) is 31.1 Å². The van der Waals surface area contributed by atoms with Crippen LogP contribution in [0.25, 0.3) is 0 Å². The first kappa shape index (κ1) is 4.80. The lowest BCUT2D eigenvalue weighted by Crippen LogP contribution is -2.19. The van der Waals surface area contributed by atoms with E-state index < -0.39 is 0 Å². The first-order valence-corrected chi connectivity index (χ1v) is 3.39. The lowest BCUT2D eigenvalue weighted by atomic mass is 10.0. The fourth-order valence-electron chi connectivity index (χ4n) is 1.37. The van der Waals surface area contributed by atoms with Crippen molar-refractivity contribution in [2.75, 3.05) is 0 Å². The molecule has 1 nitrogen and oxygen atoms in total. The van der Waals surface area contributed by atoms with E-state index in [-0.39, 0.29) is 5.60 Å². The van der Waals surface area contributed by atoms with Crippen LogP contribution in [0.15, 0.2) is 0 Å². The molecule has 8 heavy (non-hydrogen) atoms. The van der Waals surface area contributed by atoms with Crippen molar-refractivity contribution in [2.45, 2.75) is 38.2 Å². The van der Waals surface area contributed by atoms with Crippen molar-refractivity contribution in [3.05, 3.63) is 0 Å². The van der Waals surface area contributed by atoms with E-state index in [1.54, 1.807) is 0 Å². The first-order chi connectivity index (χ1) is 3.66. The fraction of sp³-hybridized carbons (Fsp3) is 1.00. The van der Waals surface area contributed by atoms with Gasteiger partial charge in [0.05, 0.1) is 5.60 Å². The van der Waals surface area contributed by atoms with Crippen molar-refractivity contribution in [1.82, 2.24) is 0 Å². The largest absolute Gasteiger partial charge is 0.389 e. The van der Waals surface area contributed by atoms with Gasteiger partial charge in [0.25, 0.3) is 0 Å². The Hall–Kier alpha value is -0.0400. The second-order valence-electron chi connectivity index (χ2n) is 3.59. The molecule has 0 saturated heterocycles. The molecule has 0 radical (unpaired) electrons. The molecule has 0 bridgehead atoms. The molecular formula is C7H12O. The van der Waals surface area contributed by atoms with Gasteiger partial charge in [0.2, 0.25) is 0 Å². The molecule has 46 valence electrons. The second-order valence-corrected chi connectivity index (χ2v) is 3.59. The minimum Gasteiger partial charge on any atom is -0.389 e. The van der Waals surface area contributed by atoms with Crippen LogP contribution in [-0.2, 0) is 0 Å². The van der Waals surface area contributed by atoms with Crippen molar-refractivity contribution >= 4 is 0 Å². The molecule has 0 aromatic rings. The van der Waals surface area contributed by atoms with E-state index >= 15 is 0 Å². The zero-order chi connectivity index (χ0) is 5.83. The summed E-state index contributed by atoms with van der Waals surface area (Å²) in [6.45, 7) is 2.19. The lowest BCUT2D eigenvalue weighted by molar-refractivity contribution is 0.0768. The molecule has 2 saturated carbocycles. The van der Waals surface area contributed by atoms with E-state index in [0.29, 0.717) is 5.41 Å². The monoisotopic (exact) mass is 112 g/mol. The maximum Gasteiger partial charge on any atom is 0.0703 e. The summed E-state index contributed by atoms with van der Waals surface area (Å²) in [6, 6.07) is 0. The molecule has 2 rings (SSSR count). The summed E-state index contributed by atoms with van der Waals surface area (Å²) in [5, 5.41) is 9.53. The van der Waals surface area contributed by atoms with Crippen LogP contribution in [0.5, 0.6) is 0 Å². The predicted molar refractivity (Wildman–Crippen MR) is 31.5 cm³/mol. The molecule has 1 N–H and O–H groups in total. The summed E-state index contributed by atoms with van der Waals surface area (Å²) in [5.74, 6) is 0. The van der Waals surface area contributed by atoms with Gasteiger partial charge in [-0.25, -0.2) is 0 Å². The summed E-state index contributed by atoms with van der Waals surface area (Å²) < 4.78 is 0. The van der Waals surface area contributed by atoms with Crippen molar-refractivity contribution in [3.8, 4) is 0 Å². The maximum atomic E-state index is 9.53. The molecule has 2 aliphatic carbocycles. The van der Waals surface area contributed by atoms with Crippen LogP contribution in [0.1, 0.15) is 32.6 Å². The molecule has 0 unspecified atom stereocenters. The van der Waals surface area contributed by atoms with Crippen LogP contribution in [0, 0.1) is 5.41 Å². The smallest absolute Gasteiger partial charge is 0.0703 e. The van der Waals surface area contributed by atoms with Gasteiger partial charge in [-0.2, -0.15) is 0 Å². The van der Waals surface area contributed by atoms with Crippen LogP contribution >= 0.6 is 0 Å². The van der Waals surface area contributed by atoms with Crippen LogP contribution in [0.2, 0.25) is 0 Å². The first-order valence-electron chi connectivity index (χ1n) is 3.39. The van der Waals surface area contributed by atoms with E-state index in [1.807, 2.05) is 0 Å². The van der Waals surface area contributed by atoms with Crippen molar-refractivity contribution in [3.63, 3.8) is 0 Å². The molecule has 0 spiro atoms. The Morgan fingerprint density at radius 1 is 1.12 bits per heavy atom. The van der Waals surface area contributed by atoms with Gasteiger partial charge in [-0.15, -0.1) is 0 Å². The van der Waals surface area contributed by atoms with E-state index in [0.717, 1.165) is 12.8 Å². The second kappa shape index (κ2) is 0.971. The molecule has 0 heterocycles. The Bertz CT molecular complexity index is 104. The highest BCUT2D eigenvalue weighted by atomic mass is 16.3. The topological polar surface area (TPSA) is 20.2 Å². The third-order valence-electron chi connectivity index (χ3n) is 2.85. The summed E-state index contributed by atoms with van der Waals surface area (Å²) in [6.07, 6.45) is 4.62. The van der Waals surface area contributed by atoms with Crippen LogP contribution in [-0.4, -0.2) is 10.7 Å².